The van der Waals surface area contributed by atoms with Crippen LogP contribution in [-0.4, -0.2) is 37.3 Å². The van der Waals surface area contributed by atoms with Crippen LogP contribution in [0.1, 0.15) is 11.1 Å². The second-order valence-corrected chi connectivity index (χ2v) is 7.15. The van der Waals surface area contributed by atoms with Crippen LogP contribution in [0.2, 0.25) is 5.02 Å². The molecule has 5 heteroatoms. The zero-order valence-electron chi connectivity index (χ0n) is 13.0. The fourth-order valence-corrected chi connectivity index (χ4v) is 3.51. The third-order valence-corrected chi connectivity index (χ3v) is 4.91. The number of ether oxygens (including phenoxy) is 1. The van der Waals surface area contributed by atoms with Crippen molar-refractivity contribution in [2.24, 2.45) is 0 Å². The molecule has 1 N–H and O–H groups in total. The fraction of sp³-hybridized carbons (Fsp3) is 0.222. The van der Waals surface area contributed by atoms with E-state index in [0.717, 1.165) is 33.2 Å². The predicted molar refractivity (Wildman–Crippen MR) is 96.1 cm³/mol. The molecule has 23 heavy (non-hydrogen) atoms. The zero-order valence-corrected chi connectivity index (χ0v) is 14.6. The average Bonchev–Trinajstić information content (AvgIpc) is 2.63. The van der Waals surface area contributed by atoms with Crippen LogP contribution in [0.3, 0.4) is 0 Å². The number of benzene rings is 2. The number of fused-ring (bicyclic) bond motifs is 2. The number of rotatable bonds is 4. The van der Waals surface area contributed by atoms with Gasteiger partial charge >= 0.3 is 0 Å². The Balaban J connectivity index is 2.03. The SMILES string of the molecule is CN(C)CCOC1=Cc2cc(O)ccc2Sc2ccc(Cl)cc21. The standard InChI is InChI=1S/C18H18ClNO2S/c1-20(2)7-8-22-16-10-12-9-14(21)4-6-17(12)23-18-5-3-13(19)11-15(16)18/h3-6,9-11,21H,7-8H2,1-2H3. The maximum atomic E-state index is 9.77. The number of hydrogen-bond acceptors (Lipinski definition) is 4. The molecule has 120 valence electrons. The summed E-state index contributed by atoms with van der Waals surface area (Å²) in [4.78, 5) is 4.25. The van der Waals surface area contributed by atoms with Gasteiger partial charge in [0.1, 0.15) is 18.1 Å². The van der Waals surface area contributed by atoms with Crippen LogP contribution in [0.15, 0.2) is 46.2 Å². The minimum atomic E-state index is 0.247. The molecular formula is C18H18ClNO2S. The third-order valence-electron chi connectivity index (χ3n) is 3.50. The molecule has 0 bridgehead atoms. The van der Waals surface area contributed by atoms with Gasteiger partial charge in [-0.2, -0.15) is 0 Å². The number of hydrogen-bond donors (Lipinski definition) is 1. The summed E-state index contributed by atoms with van der Waals surface area (Å²) in [5, 5.41) is 10.4. The van der Waals surface area contributed by atoms with E-state index >= 15 is 0 Å². The molecule has 2 aromatic carbocycles. The van der Waals surface area contributed by atoms with Gasteiger partial charge in [-0.3, -0.25) is 0 Å². The van der Waals surface area contributed by atoms with E-state index in [1.807, 2.05) is 44.4 Å². The molecule has 0 aromatic heterocycles. The predicted octanol–water partition coefficient (Wildman–Crippen LogP) is 4.59. The second kappa shape index (κ2) is 6.87. The lowest BCUT2D eigenvalue weighted by atomic mass is 10.1. The average molecular weight is 348 g/mol. The van der Waals surface area contributed by atoms with E-state index in [-0.39, 0.29) is 5.75 Å². The van der Waals surface area contributed by atoms with E-state index in [1.165, 1.54) is 0 Å². The van der Waals surface area contributed by atoms with Gasteiger partial charge in [-0.05, 0) is 62.1 Å². The van der Waals surface area contributed by atoms with Gasteiger partial charge in [0.15, 0.2) is 0 Å². The highest BCUT2D eigenvalue weighted by Gasteiger charge is 2.18. The van der Waals surface area contributed by atoms with Crippen LogP contribution in [0.25, 0.3) is 11.8 Å². The molecule has 0 atom stereocenters. The Kier molecular flexibility index (Phi) is 4.85. The number of phenolic OH excluding ortho intramolecular Hbond substituents is 1. The van der Waals surface area contributed by atoms with Gasteiger partial charge in [-0.15, -0.1) is 0 Å². The van der Waals surface area contributed by atoms with E-state index in [9.17, 15) is 5.11 Å². The Morgan fingerprint density at radius 3 is 2.70 bits per heavy atom. The minimum Gasteiger partial charge on any atom is -0.508 e. The molecule has 3 rings (SSSR count). The summed E-state index contributed by atoms with van der Waals surface area (Å²) in [6.07, 6.45) is 1.97. The second-order valence-electron chi connectivity index (χ2n) is 5.62. The normalized spacial score (nSPS) is 13.1. The van der Waals surface area contributed by atoms with E-state index in [4.69, 9.17) is 16.3 Å². The first-order valence-corrected chi connectivity index (χ1v) is 8.52. The third kappa shape index (κ3) is 3.83. The maximum Gasteiger partial charge on any atom is 0.128 e. The van der Waals surface area contributed by atoms with Gasteiger partial charge in [0.2, 0.25) is 0 Å². The van der Waals surface area contributed by atoms with Crippen LogP contribution in [0.4, 0.5) is 0 Å². The Bertz CT molecular complexity index is 759. The Morgan fingerprint density at radius 2 is 1.91 bits per heavy atom. The van der Waals surface area contributed by atoms with Gasteiger partial charge in [-0.1, -0.05) is 23.4 Å². The molecule has 0 fully saturated rings. The fourth-order valence-electron chi connectivity index (χ4n) is 2.32. The van der Waals surface area contributed by atoms with E-state index in [2.05, 4.69) is 4.90 Å². The molecule has 2 aromatic rings. The minimum absolute atomic E-state index is 0.247. The highest BCUT2D eigenvalue weighted by molar-refractivity contribution is 7.99. The van der Waals surface area contributed by atoms with Crippen molar-refractivity contribution in [1.82, 2.24) is 4.90 Å². The zero-order chi connectivity index (χ0) is 16.4. The number of likely N-dealkylation sites (N-methyl/N-ethyl adjacent to an activating group) is 1. The molecular weight excluding hydrogens is 330 g/mol. The summed E-state index contributed by atoms with van der Waals surface area (Å²) in [7, 11) is 4.03. The Morgan fingerprint density at radius 1 is 1.13 bits per heavy atom. The number of halogens is 1. The molecule has 0 aliphatic carbocycles. The molecule has 0 spiro atoms. The lowest BCUT2D eigenvalue weighted by Crippen LogP contribution is -2.17. The van der Waals surface area contributed by atoms with Crippen molar-refractivity contribution in [1.29, 1.82) is 0 Å². The van der Waals surface area contributed by atoms with Crippen LogP contribution < -0.4 is 0 Å². The largest absolute Gasteiger partial charge is 0.508 e. The quantitative estimate of drug-likeness (QED) is 0.877. The molecule has 0 saturated heterocycles. The smallest absolute Gasteiger partial charge is 0.128 e. The van der Waals surface area contributed by atoms with Crippen molar-refractivity contribution in [2.75, 3.05) is 27.2 Å². The lowest BCUT2D eigenvalue weighted by molar-refractivity contribution is 0.233. The summed E-state index contributed by atoms with van der Waals surface area (Å²) in [5.41, 5.74) is 1.93. The molecule has 1 aliphatic heterocycles. The molecule has 0 saturated carbocycles. The van der Waals surface area contributed by atoms with Gasteiger partial charge < -0.3 is 14.7 Å². The van der Waals surface area contributed by atoms with E-state index in [1.54, 1.807) is 23.9 Å². The van der Waals surface area contributed by atoms with Crippen LogP contribution in [0, 0.1) is 0 Å². The Labute approximate surface area is 145 Å². The van der Waals surface area contributed by atoms with Crippen LogP contribution in [-0.2, 0) is 4.74 Å². The monoisotopic (exact) mass is 347 g/mol. The number of aromatic hydroxyl groups is 1. The van der Waals surface area contributed by atoms with E-state index < -0.39 is 0 Å². The van der Waals surface area contributed by atoms with Crippen molar-refractivity contribution in [3.63, 3.8) is 0 Å². The van der Waals surface area contributed by atoms with E-state index in [0.29, 0.717) is 11.6 Å². The first kappa shape index (κ1) is 16.2. The summed E-state index contributed by atoms with van der Waals surface area (Å²) < 4.78 is 6.02. The molecule has 0 amide bonds. The Hall–Kier alpha value is -1.62. The molecule has 3 nitrogen and oxygen atoms in total. The number of nitrogens with zero attached hydrogens (tertiary/aromatic N) is 1. The molecule has 1 aliphatic rings. The van der Waals surface area contributed by atoms with Crippen molar-refractivity contribution in [3.05, 3.63) is 52.5 Å². The molecule has 1 heterocycles. The van der Waals surface area contributed by atoms with Crippen molar-refractivity contribution in [3.8, 4) is 5.75 Å². The van der Waals surface area contributed by atoms with Gasteiger partial charge in [-0.25, -0.2) is 0 Å². The molecule has 0 unspecified atom stereocenters. The first-order valence-electron chi connectivity index (χ1n) is 7.33. The van der Waals surface area contributed by atoms with Crippen molar-refractivity contribution in [2.45, 2.75) is 9.79 Å². The first-order chi connectivity index (χ1) is 11.0. The molecule has 0 radical (unpaired) electrons. The van der Waals surface area contributed by atoms with Crippen molar-refractivity contribution < 1.29 is 9.84 Å². The number of phenols is 1. The summed E-state index contributed by atoms with van der Waals surface area (Å²) in [6, 6.07) is 11.2. The highest BCUT2D eigenvalue weighted by atomic mass is 35.5. The highest BCUT2D eigenvalue weighted by Crippen LogP contribution is 2.42. The summed E-state index contributed by atoms with van der Waals surface area (Å²) in [6.45, 7) is 1.41. The lowest BCUT2D eigenvalue weighted by Gasteiger charge is -2.15. The maximum absolute atomic E-state index is 9.77. The van der Waals surface area contributed by atoms with Gasteiger partial charge in [0, 0.05) is 26.9 Å². The topological polar surface area (TPSA) is 32.7 Å². The summed E-state index contributed by atoms with van der Waals surface area (Å²) >= 11 is 7.83. The van der Waals surface area contributed by atoms with Gasteiger partial charge in [0.05, 0.1) is 0 Å². The van der Waals surface area contributed by atoms with Crippen LogP contribution in [0.5, 0.6) is 5.75 Å². The van der Waals surface area contributed by atoms with Gasteiger partial charge in [0.25, 0.3) is 0 Å². The van der Waals surface area contributed by atoms with Crippen molar-refractivity contribution >= 4 is 35.2 Å². The van der Waals surface area contributed by atoms with Crippen LogP contribution >= 0.6 is 23.4 Å². The summed E-state index contributed by atoms with van der Waals surface area (Å²) in [5.74, 6) is 1.03.